The molecule has 1 saturated heterocycles. The van der Waals surface area contributed by atoms with Crippen LogP contribution >= 0.6 is 0 Å². The van der Waals surface area contributed by atoms with Crippen molar-refractivity contribution in [2.24, 2.45) is 46.8 Å². The van der Waals surface area contributed by atoms with Crippen LogP contribution in [0.25, 0.3) is 0 Å². The summed E-state index contributed by atoms with van der Waals surface area (Å²) < 4.78 is 0. The van der Waals surface area contributed by atoms with E-state index < -0.39 is 0 Å². The summed E-state index contributed by atoms with van der Waals surface area (Å²) >= 11 is 0. The smallest absolute Gasteiger partial charge is 0.0697 e. The number of fused-ring (bicyclic) bond motifs is 7. The molecular formula is C30H44N2. The third kappa shape index (κ3) is 2.85. The van der Waals surface area contributed by atoms with E-state index in [1.54, 1.807) is 5.57 Å². The summed E-state index contributed by atoms with van der Waals surface area (Å²) in [6.07, 6.45) is 18.7. The van der Waals surface area contributed by atoms with Crippen molar-refractivity contribution in [1.29, 1.82) is 5.26 Å². The molecule has 6 aliphatic rings. The fourth-order valence-electron chi connectivity index (χ4n) is 10.7. The van der Waals surface area contributed by atoms with Gasteiger partial charge in [0.05, 0.1) is 12.0 Å². The lowest BCUT2D eigenvalue weighted by molar-refractivity contribution is 0.0293. The zero-order valence-corrected chi connectivity index (χ0v) is 20.9. The second kappa shape index (κ2) is 7.73. The first-order valence-corrected chi connectivity index (χ1v) is 14.0. The number of rotatable bonds is 1. The van der Waals surface area contributed by atoms with Gasteiger partial charge in [0.1, 0.15) is 0 Å². The minimum absolute atomic E-state index is 0.138. The van der Waals surface area contributed by atoms with Crippen LogP contribution < -0.4 is 0 Å². The van der Waals surface area contributed by atoms with E-state index in [1.165, 1.54) is 63.4 Å². The highest BCUT2D eigenvalue weighted by Gasteiger charge is 2.66. The standard InChI is InChI=1S/C30H44N2/c1-5-20-11-12-22-28-26(32(29(20)22)25-14-10-19(17-31)16-18(25)2)15-13-24-27(28)21-8-6-7-9-23(21)30(24,3)4/h5,16,19,21-29H,6-15H2,1-4H3/b20-5+. The van der Waals surface area contributed by atoms with Crippen LogP contribution in [0.3, 0.4) is 0 Å². The highest BCUT2D eigenvalue weighted by Crippen LogP contribution is 2.69. The molecule has 10 unspecified atom stereocenters. The average molecular weight is 433 g/mol. The summed E-state index contributed by atoms with van der Waals surface area (Å²) in [5.74, 6) is 5.85. The van der Waals surface area contributed by atoms with Crippen molar-refractivity contribution < 1.29 is 0 Å². The minimum atomic E-state index is 0.138. The molecule has 0 amide bonds. The van der Waals surface area contributed by atoms with Gasteiger partial charge in [-0.05, 0) is 106 Å². The Hall–Kier alpha value is -1.07. The molecular weight excluding hydrogens is 388 g/mol. The first-order valence-electron chi connectivity index (χ1n) is 14.0. The monoisotopic (exact) mass is 432 g/mol. The van der Waals surface area contributed by atoms with E-state index >= 15 is 0 Å². The van der Waals surface area contributed by atoms with Crippen molar-refractivity contribution in [3.8, 4) is 6.07 Å². The van der Waals surface area contributed by atoms with Crippen LogP contribution in [0.15, 0.2) is 23.3 Å². The maximum absolute atomic E-state index is 9.52. The van der Waals surface area contributed by atoms with Crippen LogP contribution in [0.2, 0.25) is 0 Å². The molecule has 0 spiro atoms. The molecule has 10 atom stereocenters. The van der Waals surface area contributed by atoms with Crippen molar-refractivity contribution >= 4 is 0 Å². The number of nitrogens with zero attached hydrogens (tertiary/aromatic N) is 2. The average Bonchev–Trinajstić information content (AvgIpc) is 3.42. The highest BCUT2D eigenvalue weighted by molar-refractivity contribution is 5.30. The van der Waals surface area contributed by atoms with Crippen molar-refractivity contribution in [3.05, 3.63) is 23.3 Å². The Morgan fingerprint density at radius 2 is 1.78 bits per heavy atom. The lowest BCUT2D eigenvalue weighted by atomic mass is 9.61. The number of hydrogen-bond donors (Lipinski definition) is 0. The predicted octanol–water partition coefficient (Wildman–Crippen LogP) is 7.13. The van der Waals surface area contributed by atoms with Crippen LogP contribution in [0.1, 0.15) is 91.9 Å². The number of allylic oxidation sites excluding steroid dienone is 2. The van der Waals surface area contributed by atoms with Crippen LogP contribution in [0.5, 0.6) is 0 Å². The van der Waals surface area contributed by atoms with Gasteiger partial charge in [0.2, 0.25) is 0 Å². The van der Waals surface area contributed by atoms with Gasteiger partial charge in [-0.25, -0.2) is 0 Å². The summed E-state index contributed by atoms with van der Waals surface area (Å²) in [4.78, 5) is 3.07. The van der Waals surface area contributed by atoms with Crippen LogP contribution in [-0.4, -0.2) is 23.0 Å². The van der Waals surface area contributed by atoms with E-state index in [-0.39, 0.29) is 5.92 Å². The van der Waals surface area contributed by atoms with Crippen LogP contribution in [-0.2, 0) is 0 Å². The maximum atomic E-state index is 9.52. The van der Waals surface area contributed by atoms with Crippen molar-refractivity contribution in [2.45, 2.75) is 110 Å². The Morgan fingerprint density at radius 3 is 2.53 bits per heavy atom. The molecule has 1 aliphatic heterocycles. The predicted molar refractivity (Wildman–Crippen MR) is 131 cm³/mol. The van der Waals surface area contributed by atoms with Gasteiger partial charge in [0, 0.05) is 18.1 Å². The second-order valence-electron chi connectivity index (χ2n) is 13.0. The van der Waals surface area contributed by atoms with Gasteiger partial charge in [0.25, 0.3) is 0 Å². The summed E-state index contributed by atoms with van der Waals surface area (Å²) in [5, 5.41) is 9.52. The molecule has 0 aromatic rings. The lowest BCUT2D eigenvalue weighted by Crippen LogP contribution is -2.50. The number of hydrogen-bond acceptors (Lipinski definition) is 2. The van der Waals surface area contributed by atoms with Crippen LogP contribution in [0, 0.1) is 58.2 Å². The molecule has 1 heterocycles. The van der Waals surface area contributed by atoms with Gasteiger partial charge in [0.15, 0.2) is 0 Å². The van der Waals surface area contributed by atoms with Gasteiger partial charge in [-0.15, -0.1) is 0 Å². The van der Waals surface area contributed by atoms with Gasteiger partial charge < -0.3 is 0 Å². The molecule has 2 nitrogen and oxygen atoms in total. The van der Waals surface area contributed by atoms with Gasteiger partial charge in [-0.1, -0.05) is 50.0 Å². The summed E-state index contributed by atoms with van der Waals surface area (Å²) in [6, 6.07) is 4.57. The zero-order valence-electron chi connectivity index (χ0n) is 20.9. The molecule has 32 heavy (non-hydrogen) atoms. The van der Waals surface area contributed by atoms with E-state index in [4.69, 9.17) is 0 Å². The fourth-order valence-corrected chi connectivity index (χ4v) is 10.7. The Labute approximate surface area is 196 Å². The van der Waals surface area contributed by atoms with E-state index in [9.17, 15) is 5.26 Å². The zero-order chi connectivity index (χ0) is 22.2. The van der Waals surface area contributed by atoms with E-state index in [2.05, 4.69) is 50.8 Å². The summed E-state index contributed by atoms with van der Waals surface area (Å²) in [6.45, 7) is 9.95. The molecule has 0 N–H and O–H groups in total. The molecule has 4 saturated carbocycles. The first-order chi connectivity index (χ1) is 15.5. The minimum Gasteiger partial charge on any atom is -0.286 e. The third-order valence-corrected chi connectivity index (χ3v) is 11.7. The number of likely N-dealkylation sites (tertiary alicyclic amines) is 1. The normalized spacial score (nSPS) is 50.8. The van der Waals surface area contributed by atoms with E-state index in [0.29, 0.717) is 17.5 Å². The molecule has 0 radical (unpaired) electrons. The molecule has 6 rings (SSSR count). The quantitative estimate of drug-likeness (QED) is 0.412. The first kappa shape index (κ1) is 21.5. The van der Waals surface area contributed by atoms with Crippen LogP contribution in [0.4, 0.5) is 0 Å². The van der Waals surface area contributed by atoms with Crippen molar-refractivity contribution in [1.82, 2.24) is 4.90 Å². The molecule has 0 aromatic carbocycles. The maximum Gasteiger partial charge on any atom is 0.0697 e. The summed E-state index contributed by atoms with van der Waals surface area (Å²) in [7, 11) is 0. The van der Waals surface area contributed by atoms with Gasteiger partial charge in [-0.2, -0.15) is 5.26 Å². The molecule has 5 fully saturated rings. The van der Waals surface area contributed by atoms with Crippen molar-refractivity contribution in [3.63, 3.8) is 0 Å². The molecule has 174 valence electrons. The van der Waals surface area contributed by atoms with E-state index in [1.807, 2.05) is 0 Å². The molecule has 2 heteroatoms. The van der Waals surface area contributed by atoms with Crippen molar-refractivity contribution in [2.75, 3.05) is 0 Å². The SMILES string of the molecule is C/C=C1\CCC2C3C4C5CCCCC5C(C)(C)C4CCC3N(C3CCC(C#N)C=C3C)C12. The third-order valence-electron chi connectivity index (χ3n) is 11.7. The Morgan fingerprint density at radius 1 is 0.969 bits per heavy atom. The lowest BCUT2D eigenvalue weighted by Gasteiger charge is -2.47. The van der Waals surface area contributed by atoms with E-state index in [0.717, 1.165) is 48.0 Å². The topological polar surface area (TPSA) is 27.0 Å². The molecule has 0 aromatic heterocycles. The largest absolute Gasteiger partial charge is 0.286 e. The Balaban J connectivity index is 1.40. The Kier molecular flexibility index (Phi) is 5.18. The Bertz CT molecular complexity index is 859. The second-order valence-corrected chi connectivity index (χ2v) is 13.0. The summed E-state index contributed by atoms with van der Waals surface area (Å²) in [5.41, 5.74) is 3.79. The highest BCUT2D eigenvalue weighted by atomic mass is 15.3. The van der Waals surface area contributed by atoms with Gasteiger partial charge in [-0.3, -0.25) is 4.90 Å². The molecule has 0 bridgehead atoms. The fraction of sp³-hybridized carbons (Fsp3) is 0.833. The van der Waals surface area contributed by atoms with Gasteiger partial charge >= 0.3 is 0 Å². The number of nitriles is 1. The molecule has 5 aliphatic carbocycles.